The van der Waals surface area contributed by atoms with Crippen LogP contribution in [-0.2, 0) is 42.9 Å². The summed E-state index contributed by atoms with van der Waals surface area (Å²) in [5.74, 6) is -7.18. The van der Waals surface area contributed by atoms with Crippen molar-refractivity contribution in [3.8, 4) is 5.75 Å². The molecule has 1 aromatic carbocycles. The Morgan fingerprint density at radius 3 is 1.97 bits per heavy atom. The van der Waals surface area contributed by atoms with E-state index in [4.69, 9.17) is 28.4 Å². The Morgan fingerprint density at radius 1 is 0.862 bits per heavy atom. The number of hydrogen-bond acceptors (Lipinski definition) is 20. The molecule has 25 nitrogen and oxygen atoms in total. The number of nitro groups is 1. The molecule has 3 aliphatic heterocycles. The minimum Gasteiger partial charge on any atom is -0.477 e. The van der Waals surface area contributed by atoms with Gasteiger partial charge in [-0.05, 0) is 12.1 Å². The number of nitrogens with zero attached hydrogens (tertiary/aromatic N) is 1. The minimum atomic E-state index is -2.92. The fourth-order valence-electron chi connectivity index (χ4n) is 6.72. The van der Waals surface area contributed by atoms with E-state index in [0.29, 0.717) is 0 Å². The summed E-state index contributed by atoms with van der Waals surface area (Å²) >= 11 is 0. The summed E-state index contributed by atoms with van der Waals surface area (Å²) in [5.41, 5.74) is -0.333. The Balaban J connectivity index is 1.75. The summed E-state index contributed by atoms with van der Waals surface area (Å²) in [4.78, 5) is 60.0. The molecule has 0 spiro atoms. The van der Waals surface area contributed by atoms with E-state index >= 15 is 0 Å². The van der Waals surface area contributed by atoms with Crippen LogP contribution in [0.5, 0.6) is 5.75 Å². The Hall–Kier alpha value is -4.22. The van der Waals surface area contributed by atoms with Crippen molar-refractivity contribution >= 4 is 29.4 Å². The smallest absolute Gasteiger partial charge is 0.364 e. The van der Waals surface area contributed by atoms with Gasteiger partial charge in [0.1, 0.15) is 72.8 Å². The van der Waals surface area contributed by atoms with Crippen LogP contribution in [0.1, 0.15) is 27.2 Å². The van der Waals surface area contributed by atoms with E-state index in [2.05, 4.69) is 16.0 Å². The Bertz CT molecular complexity index is 1610. The summed E-state index contributed by atoms with van der Waals surface area (Å²) < 4.78 is 35.0. The molecule has 3 aliphatic rings. The van der Waals surface area contributed by atoms with Crippen molar-refractivity contribution in [2.75, 3.05) is 19.8 Å². The molecular weight excluding hydrogens is 788 g/mol. The molecule has 326 valence electrons. The SMILES string of the molecule is CC(=O)N[C@H]1[C@H](O[C@H]2[C@@H](O)[C@@H](CO[C@]3(C(=O)O)C[C@H](O)[C@@H](NC(C)=O)[C@H]([C@H](O)[C@H](O)CO)O3)O[C@H](Oc3ccc([N+](=O)[O-])cc3)[C@@H]2NC(C)=O)O[C@H](CO)[C@@H](O)[C@@H]1O. The minimum absolute atomic E-state index is 0.103. The number of carboxylic acids is 1. The Labute approximate surface area is 328 Å². The van der Waals surface area contributed by atoms with E-state index in [0.717, 1.165) is 45.0 Å². The highest BCUT2D eigenvalue weighted by Gasteiger charge is 2.58. The number of nitro benzene ring substituents is 1. The first-order valence-electron chi connectivity index (χ1n) is 17.8. The number of ether oxygens (including phenoxy) is 6. The first-order valence-corrected chi connectivity index (χ1v) is 17.8. The third-order valence-electron chi connectivity index (χ3n) is 9.55. The van der Waals surface area contributed by atoms with Crippen molar-refractivity contribution in [1.82, 2.24) is 16.0 Å². The number of aliphatic hydroxyl groups excluding tert-OH is 8. The highest BCUT2D eigenvalue weighted by Crippen LogP contribution is 2.36. The van der Waals surface area contributed by atoms with Crippen molar-refractivity contribution in [2.45, 2.75) is 125 Å². The van der Waals surface area contributed by atoms with Crippen molar-refractivity contribution in [2.24, 2.45) is 0 Å². The molecule has 25 heteroatoms. The number of hydrogen-bond donors (Lipinski definition) is 12. The lowest BCUT2D eigenvalue weighted by Crippen LogP contribution is -2.71. The highest BCUT2D eigenvalue weighted by molar-refractivity contribution is 5.77. The summed E-state index contributed by atoms with van der Waals surface area (Å²) in [6, 6.07) is -0.230. The van der Waals surface area contributed by atoms with Crippen LogP contribution < -0.4 is 20.7 Å². The van der Waals surface area contributed by atoms with Gasteiger partial charge in [0.25, 0.3) is 11.5 Å². The van der Waals surface area contributed by atoms with Crippen LogP contribution in [0.4, 0.5) is 5.69 Å². The van der Waals surface area contributed by atoms with E-state index < -0.39 is 152 Å². The lowest BCUT2D eigenvalue weighted by molar-refractivity contribution is -0.384. The molecule has 0 bridgehead atoms. The normalized spacial score (nSPS) is 36.2. The number of benzene rings is 1. The Kier molecular flexibility index (Phi) is 15.8. The maximum Gasteiger partial charge on any atom is 0.364 e. The van der Waals surface area contributed by atoms with Gasteiger partial charge in [-0.1, -0.05) is 0 Å². The standard InChI is InChI=1S/C33H48N4O21/c1-12(40)34-21-17(43)8-33(32(49)50,58-29(21)24(45)18(44)9-38)53-11-20-26(47)28(57-30-22(35-13(2)41)27(48)25(46)19(10-39)55-30)23(36-14(3)42)31(56-20)54-16-6-4-15(5-7-16)37(51)52/h4-7,17-31,38-39,43-48H,8-11H2,1-3H3,(H,34,40)(H,35,41)(H,36,42)(H,49,50)/t17-,18+,19+,20+,21+,22+,23+,24+,25+,26-,27+,28+,29+,30-,31-,33+/m0/s1. The van der Waals surface area contributed by atoms with Crippen LogP contribution in [0.25, 0.3) is 0 Å². The van der Waals surface area contributed by atoms with Crippen LogP contribution in [0.2, 0.25) is 0 Å². The highest BCUT2D eigenvalue weighted by atomic mass is 16.8. The summed E-state index contributed by atoms with van der Waals surface area (Å²) in [5, 5.41) is 113. The second-order valence-electron chi connectivity index (χ2n) is 13.9. The second-order valence-corrected chi connectivity index (χ2v) is 13.9. The Morgan fingerprint density at radius 2 is 1.43 bits per heavy atom. The quantitative estimate of drug-likeness (QED) is 0.0545. The first-order chi connectivity index (χ1) is 27.2. The maximum atomic E-state index is 12.8. The van der Waals surface area contributed by atoms with Gasteiger partial charge in [-0.15, -0.1) is 0 Å². The molecule has 3 amide bonds. The third-order valence-corrected chi connectivity index (χ3v) is 9.55. The average Bonchev–Trinajstić information content (AvgIpc) is 3.16. The molecule has 1 aromatic rings. The predicted octanol–water partition coefficient (Wildman–Crippen LogP) is -5.94. The van der Waals surface area contributed by atoms with Gasteiger partial charge in [0.2, 0.25) is 24.0 Å². The number of non-ortho nitro benzene ring substituents is 1. The zero-order chi connectivity index (χ0) is 43.2. The third kappa shape index (κ3) is 10.7. The van der Waals surface area contributed by atoms with Crippen LogP contribution in [-0.4, -0.2) is 192 Å². The summed E-state index contributed by atoms with van der Waals surface area (Å²) in [7, 11) is 0. The largest absolute Gasteiger partial charge is 0.477 e. The molecule has 4 rings (SSSR count). The molecular formula is C33H48N4O21. The second kappa shape index (κ2) is 19.7. The lowest BCUT2D eigenvalue weighted by Gasteiger charge is -2.49. The van der Waals surface area contributed by atoms with E-state index in [1.807, 2.05) is 0 Å². The lowest BCUT2D eigenvalue weighted by atomic mass is 9.88. The molecule has 0 aliphatic carbocycles. The van der Waals surface area contributed by atoms with Crippen LogP contribution in [0.3, 0.4) is 0 Å². The van der Waals surface area contributed by atoms with Crippen molar-refractivity contribution < 1.29 is 98.5 Å². The zero-order valence-electron chi connectivity index (χ0n) is 31.2. The number of carbonyl (C=O) groups is 4. The number of nitrogens with one attached hydrogen (secondary N) is 3. The number of carbonyl (C=O) groups excluding carboxylic acids is 3. The van der Waals surface area contributed by atoms with E-state index in [-0.39, 0.29) is 11.4 Å². The zero-order valence-corrected chi connectivity index (χ0v) is 31.2. The monoisotopic (exact) mass is 836 g/mol. The number of rotatable bonds is 16. The van der Waals surface area contributed by atoms with Crippen LogP contribution in [0, 0.1) is 10.1 Å². The predicted molar refractivity (Wildman–Crippen MR) is 185 cm³/mol. The maximum absolute atomic E-state index is 12.8. The number of carboxylic acid groups (broad SMARTS) is 1. The summed E-state index contributed by atoms with van der Waals surface area (Å²) in [6.45, 7) is 0.244. The fraction of sp³-hybridized carbons (Fsp3) is 0.697. The van der Waals surface area contributed by atoms with Crippen molar-refractivity contribution in [3.05, 3.63) is 34.4 Å². The number of aliphatic carboxylic acids is 1. The van der Waals surface area contributed by atoms with E-state index in [9.17, 15) is 75.3 Å². The molecule has 0 saturated carbocycles. The summed E-state index contributed by atoms with van der Waals surface area (Å²) in [6.07, 6.45) is -23.0. The van der Waals surface area contributed by atoms with Gasteiger partial charge >= 0.3 is 5.97 Å². The van der Waals surface area contributed by atoms with Gasteiger partial charge in [0.05, 0.1) is 36.9 Å². The van der Waals surface area contributed by atoms with Crippen LogP contribution >= 0.6 is 0 Å². The number of aliphatic hydroxyl groups is 8. The van der Waals surface area contributed by atoms with E-state index in [1.54, 1.807) is 0 Å². The molecule has 0 aromatic heterocycles. The van der Waals surface area contributed by atoms with Crippen LogP contribution in [0.15, 0.2) is 24.3 Å². The molecule has 58 heavy (non-hydrogen) atoms. The van der Waals surface area contributed by atoms with Gasteiger partial charge in [0, 0.05) is 39.3 Å². The molecule has 0 unspecified atom stereocenters. The average molecular weight is 837 g/mol. The molecule has 3 saturated heterocycles. The molecule has 16 atom stereocenters. The van der Waals surface area contributed by atoms with Gasteiger partial charge in [-0.25, -0.2) is 4.79 Å². The van der Waals surface area contributed by atoms with Gasteiger partial charge in [-0.3, -0.25) is 24.5 Å². The fourth-order valence-corrected chi connectivity index (χ4v) is 6.72. The molecule has 3 fully saturated rings. The van der Waals surface area contributed by atoms with E-state index in [1.165, 1.54) is 0 Å². The number of amides is 3. The molecule has 0 radical (unpaired) electrons. The van der Waals surface area contributed by atoms with Gasteiger partial charge in [-0.2, -0.15) is 0 Å². The molecule has 3 heterocycles. The molecule has 12 N–H and O–H groups in total. The van der Waals surface area contributed by atoms with Gasteiger partial charge in [0.15, 0.2) is 6.29 Å². The van der Waals surface area contributed by atoms with Crippen molar-refractivity contribution in [3.63, 3.8) is 0 Å². The first kappa shape index (κ1) is 46.5. The topological polar surface area (TPSA) is 385 Å². The van der Waals surface area contributed by atoms with Crippen molar-refractivity contribution in [1.29, 1.82) is 0 Å². The van der Waals surface area contributed by atoms with Gasteiger partial charge < -0.3 is 90.3 Å².